The summed E-state index contributed by atoms with van der Waals surface area (Å²) in [5.41, 5.74) is 6.37. The van der Waals surface area contributed by atoms with E-state index in [2.05, 4.69) is 4.98 Å². The second-order valence-electron chi connectivity index (χ2n) is 4.59. The summed E-state index contributed by atoms with van der Waals surface area (Å²) in [6.45, 7) is 0. The third kappa shape index (κ3) is 3.57. The molecule has 5 heteroatoms. The molecule has 2 nitrogen and oxygen atoms in total. The van der Waals surface area contributed by atoms with E-state index in [0.717, 1.165) is 11.6 Å². The van der Waals surface area contributed by atoms with Gasteiger partial charge in [-0.15, -0.1) is 0 Å². The highest BCUT2D eigenvalue weighted by atomic mass is 19.4. The van der Waals surface area contributed by atoms with Crippen molar-refractivity contribution in [2.75, 3.05) is 0 Å². The first-order valence-corrected chi connectivity index (χ1v) is 6.29. The van der Waals surface area contributed by atoms with Crippen LogP contribution in [0.2, 0.25) is 0 Å². The number of pyridine rings is 1. The molecule has 20 heavy (non-hydrogen) atoms. The van der Waals surface area contributed by atoms with Gasteiger partial charge < -0.3 is 5.73 Å². The number of rotatable bonds is 4. The van der Waals surface area contributed by atoms with Crippen molar-refractivity contribution in [2.24, 2.45) is 5.73 Å². The van der Waals surface area contributed by atoms with E-state index >= 15 is 0 Å². The fourth-order valence-corrected chi connectivity index (χ4v) is 2.10. The molecule has 0 saturated heterocycles. The van der Waals surface area contributed by atoms with E-state index in [1.54, 1.807) is 24.5 Å². The predicted octanol–water partition coefficient (Wildman–Crippen LogP) is 3.73. The van der Waals surface area contributed by atoms with Crippen LogP contribution < -0.4 is 5.73 Å². The SMILES string of the molecule is NC(CCc1cccnc1)c1ccccc1C(F)(F)F. The Labute approximate surface area is 115 Å². The smallest absolute Gasteiger partial charge is 0.324 e. The number of hydrogen-bond donors (Lipinski definition) is 1. The van der Waals surface area contributed by atoms with Gasteiger partial charge in [0.2, 0.25) is 0 Å². The van der Waals surface area contributed by atoms with Gasteiger partial charge in [0.25, 0.3) is 0 Å². The number of nitrogens with zero attached hydrogens (tertiary/aromatic N) is 1. The zero-order valence-electron chi connectivity index (χ0n) is 10.8. The van der Waals surface area contributed by atoms with Crippen molar-refractivity contribution in [2.45, 2.75) is 25.1 Å². The number of hydrogen-bond acceptors (Lipinski definition) is 2. The van der Waals surface area contributed by atoms with Crippen LogP contribution in [0.4, 0.5) is 13.2 Å². The fraction of sp³-hybridized carbons (Fsp3) is 0.267. The molecule has 2 rings (SSSR count). The van der Waals surface area contributed by atoms with Gasteiger partial charge >= 0.3 is 6.18 Å². The minimum atomic E-state index is -4.37. The monoisotopic (exact) mass is 280 g/mol. The van der Waals surface area contributed by atoms with Crippen LogP contribution in [0, 0.1) is 0 Å². The molecule has 0 radical (unpaired) electrons. The zero-order chi connectivity index (χ0) is 14.6. The molecule has 0 amide bonds. The summed E-state index contributed by atoms with van der Waals surface area (Å²) in [6, 6.07) is 8.50. The van der Waals surface area contributed by atoms with Crippen molar-refractivity contribution in [1.29, 1.82) is 0 Å². The van der Waals surface area contributed by atoms with E-state index in [1.807, 2.05) is 6.07 Å². The molecule has 0 spiro atoms. The summed E-state index contributed by atoms with van der Waals surface area (Å²) >= 11 is 0. The van der Waals surface area contributed by atoms with Gasteiger partial charge in [-0.3, -0.25) is 4.98 Å². The van der Waals surface area contributed by atoms with Gasteiger partial charge in [-0.2, -0.15) is 13.2 Å². The van der Waals surface area contributed by atoms with Crippen LogP contribution in [0.1, 0.15) is 29.2 Å². The molecule has 2 N–H and O–H groups in total. The third-order valence-electron chi connectivity index (χ3n) is 3.13. The Bertz CT molecular complexity index is 553. The molecule has 1 heterocycles. The van der Waals surface area contributed by atoms with Gasteiger partial charge in [-0.25, -0.2) is 0 Å². The number of alkyl halides is 3. The number of nitrogens with two attached hydrogens (primary N) is 1. The average molecular weight is 280 g/mol. The van der Waals surface area contributed by atoms with Crippen LogP contribution in [0.25, 0.3) is 0 Å². The third-order valence-corrected chi connectivity index (χ3v) is 3.13. The van der Waals surface area contributed by atoms with Crippen molar-refractivity contribution in [1.82, 2.24) is 4.98 Å². The molecule has 0 saturated carbocycles. The van der Waals surface area contributed by atoms with Gasteiger partial charge in [0.1, 0.15) is 0 Å². The highest BCUT2D eigenvalue weighted by Gasteiger charge is 2.34. The van der Waals surface area contributed by atoms with Crippen molar-refractivity contribution in [3.05, 3.63) is 65.5 Å². The molecule has 1 atom stereocenters. The van der Waals surface area contributed by atoms with Crippen LogP contribution in [0.5, 0.6) is 0 Å². The van der Waals surface area contributed by atoms with Gasteiger partial charge in [0.05, 0.1) is 5.56 Å². The second-order valence-corrected chi connectivity index (χ2v) is 4.59. The lowest BCUT2D eigenvalue weighted by molar-refractivity contribution is -0.138. The summed E-state index contributed by atoms with van der Waals surface area (Å²) in [5.74, 6) is 0. The summed E-state index contributed by atoms with van der Waals surface area (Å²) in [6.07, 6.45) is 0.0211. The first kappa shape index (κ1) is 14.5. The molecule has 1 aromatic carbocycles. The average Bonchev–Trinajstić information content (AvgIpc) is 2.45. The zero-order valence-corrected chi connectivity index (χ0v) is 10.8. The predicted molar refractivity (Wildman–Crippen MR) is 70.9 cm³/mol. The molecule has 2 aromatic rings. The molecular weight excluding hydrogens is 265 g/mol. The number of aryl methyl sites for hydroxylation is 1. The molecule has 0 bridgehead atoms. The minimum absolute atomic E-state index is 0.142. The van der Waals surface area contributed by atoms with Gasteiger partial charge in [0, 0.05) is 18.4 Å². The summed E-state index contributed by atoms with van der Waals surface area (Å²) in [4.78, 5) is 3.97. The van der Waals surface area contributed by atoms with E-state index in [0.29, 0.717) is 12.8 Å². The molecule has 1 aromatic heterocycles. The highest BCUT2D eigenvalue weighted by Crippen LogP contribution is 2.34. The maximum atomic E-state index is 12.9. The number of halogens is 3. The van der Waals surface area contributed by atoms with Crippen molar-refractivity contribution in [3.8, 4) is 0 Å². The lowest BCUT2D eigenvalue weighted by Crippen LogP contribution is -2.18. The molecule has 0 aliphatic carbocycles. The molecular formula is C15H15F3N2. The van der Waals surface area contributed by atoms with E-state index in [9.17, 15) is 13.2 Å². The standard InChI is InChI=1S/C15H15F3N2/c16-15(17,18)13-6-2-1-5-12(13)14(19)8-7-11-4-3-9-20-10-11/h1-6,9-10,14H,7-8,19H2. The minimum Gasteiger partial charge on any atom is -0.324 e. The van der Waals surface area contributed by atoms with Crippen LogP contribution in [-0.2, 0) is 12.6 Å². The van der Waals surface area contributed by atoms with E-state index in [-0.39, 0.29) is 5.56 Å². The summed E-state index contributed by atoms with van der Waals surface area (Å²) in [5, 5.41) is 0. The van der Waals surface area contributed by atoms with Crippen molar-refractivity contribution < 1.29 is 13.2 Å². The molecule has 0 fully saturated rings. The topological polar surface area (TPSA) is 38.9 Å². The Morgan fingerprint density at radius 3 is 2.50 bits per heavy atom. The Kier molecular flexibility index (Phi) is 4.39. The first-order valence-electron chi connectivity index (χ1n) is 6.29. The molecule has 1 unspecified atom stereocenters. The molecule has 0 aliphatic heterocycles. The van der Waals surface area contributed by atoms with Gasteiger partial charge in [-0.05, 0) is 36.1 Å². The normalized spacial score (nSPS) is 13.2. The van der Waals surface area contributed by atoms with Gasteiger partial charge in [0.15, 0.2) is 0 Å². The molecule has 106 valence electrons. The number of benzene rings is 1. The maximum Gasteiger partial charge on any atom is 0.416 e. The Balaban J connectivity index is 2.12. The lowest BCUT2D eigenvalue weighted by atomic mass is 9.96. The van der Waals surface area contributed by atoms with Crippen LogP contribution in [0.15, 0.2) is 48.8 Å². The highest BCUT2D eigenvalue weighted by molar-refractivity contribution is 5.32. The Morgan fingerprint density at radius 1 is 1.10 bits per heavy atom. The Morgan fingerprint density at radius 2 is 1.85 bits per heavy atom. The van der Waals surface area contributed by atoms with Crippen LogP contribution >= 0.6 is 0 Å². The maximum absolute atomic E-state index is 12.9. The lowest BCUT2D eigenvalue weighted by Gasteiger charge is -2.18. The quantitative estimate of drug-likeness (QED) is 0.926. The fourth-order valence-electron chi connectivity index (χ4n) is 2.10. The first-order chi connectivity index (χ1) is 9.48. The van der Waals surface area contributed by atoms with E-state index in [1.165, 1.54) is 12.1 Å². The summed E-state index contributed by atoms with van der Waals surface area (Å²) in [7, 11) is 0. The largest absolute Gasteiger partial charge is 0.416 e. The van der Waals surface area contributed by atoms with Crippen molar-refractivity contribution >= 4 is 0 Å². The second kappa shape index (κ2) is 6.05. The number of aromatic nitrogens is 1. The molecule has 0 aliphatic rings. The summed E-state index contributed by atoms with van der Waals surface area (Å²) < 4.78 is 38.7. The van der Waals surface area contributed by atoms with Crippen molar-refractivity contribution in [3.63, 3.8) is 0 Å². The Hall–Kier alpha value is -1.88. The van der Waals surface area contributed by atoms with Crippen LogP contribution in [-0.4, -0.2) is 4.98 Å². The van der Waals surface area contributed by atoms with Gasteiger partial charge in [-0.1, -0.05) is 24.3 Å². The van der Waals surface area contributed by atoms with Crippen LogP contribution in [0.3, 0.4) is 0 Å². The van der Waals surface area contributed by atoms with E-state index in [4.69, 9.17) is 5.73 Å². The van der Waals surface area contributed by atoms with E-state index < -0.39 is 17.8 Å².